The van der Waals surface area contributed by atoms with E-state index in [1.165, 1.54) is 10.6 Å². The summed E-state index contributed by atoms with van der Waals surface area (Å²) in [6.45, 7) is 0.840. The number of nitrogens with zero attached hydrogens (tertiary/aromatic N) is 4. The lowest BCUT2D eigenvalue weighted by Gasteiger charge is -2.30. The summed E-state index contributed by atoms with van der Waals surface area (Å²) in [7, 11) is -3.14. The van der Waals surface area contributed by atoms with Gasteiger partial charge in [0.25, 0.3) is 0 Å². The molecule has 17 heavy (non-hydrogen) atoms. The third kappa shape index (κ3) is 2.82. The third-order valence-electron chi connectivity index (χ3n) is 2.92. The minimum Gasteiger partial charge on any atom is -0.390 e. The zero-order chi connectivity index (χ0) is 12.5. The molecule has 1 aliphatic heterocycles. The molecule has 7 nitrogen and oxygen atoms in total. The summed E-state index contributed by atoms with van der Waals surface area (Å²) in [5.74, 6) is 0. The second kappa shape index (κ2) is 4.71. The topological polar surface area (TPSA) is 88.3 Å². The fourth-order valence-corrected chi connectivity index (χ4v) is 2.91. The number of aliphatic hydroxyl groups is 1. The van der Waals surface area contributed by atoms with Crippen molar-refractivity contribution in [1.29, 1.82) is 0 Å². The van der Waals surface area contributed by atoms with Crippen molar-refractivity contribution in [2.24, 2.45) is 0 Å². The molecule has 1 aromatic rings. The maximum Gasteiger partial charge on any atom is 0.211 e. The van der Waals surface area contributed by atoms with E-state index >= 15 is 0 Å². The van der Waals surface area contributed by atoms with E-state index in [9.17, 15) is 8.42 Å². The van der Waals surface area contributed by atoms with Crippen LogP contribution in [-0.2, 0) is 16.6 Å². The smallest absolute Gasteiger partial charge is 0.211 e. The van der Waals surface area contributed by atoms with E-state index in [2.05, 4.69) is 10.3 Å². The summed E-state index contributed by atoms with van der Waals surface area (Å²) in [5.41, 5.74) is 0.501. The van der Waals surface area contributed by atoms with E-state index in [1.54, 1.807) is 10.9 Å². The molecule has 0 radical (unpaired) electrons. The first-order chi connectivity index (χ1) is 8.00. The van der Waals surface area contributed by atoms with Gasteiger partial charge in [0, 0.05) is 13.1 Å². The van der Waals surface area contributed by atoms with Crippen LogP contribution in [0.1, 0.15) is 24.6 Å². The van der Waals surface area contributed by atoms with Crippen LogP contribution in [0.15, 0.2) is 6.20 Å². The summed E-state index contributed by atoms with van der Waals surface area (Å²) in [5, 5.41) is 16.6. The molecular weight excluding hydrogens is 244 g/mol. The van der Waals surface area contributed by atoms with Crippen molar-refractivity contribution in [2.75, 3.05) is 19.3 Å². The second-order valence-electron chi connectivity index (χ2n) is 4.27. The van der Waals surface area contributed by atoms with Crippen molar-refractivity contribution in [2.45, 2.75) is 25.5 Å². The van der Waals surface area contributed by atoms with Gasteiger partial charge in [0.2, 0.25) is 10.0 Å². The Kier molecular flexibility index (Phi) is 3.45. The zero-order valence-electron chi connectivity index (χ0n) is 9.65. The maximum atomic E-state index is 11.5. The number of sulfonamides is 1. The highest BCUT2D eigenvalue weighted by molar-refractivity contribution is 7.88. The van der Waals surface area contributed by atoms with Gasteiger partial charge in [-0.25, -0.2) is 17.4 Å². The Morgan fingerprint density at radius 3 is 2.94 bits per heavy atom. The molecule has 1 aromatic heterocycles. The van der Waals surface area contributed by atoms with Gasteiger partial charge < -0.3 is 5.11 Å². The maximum absolute atomic E-state index is 11.5. The van der Waals surface area contributed by atoms with Crippen LogP contribution in [0.5, 0.6) is 0 Å². The second-order valence-corrected chi connectivity index (χ2v) is 6.25. The molecule has 0 aromatic carbocycles. The molecule has 8 heteroatoms. The van der Waals surface area contributed by atoms with Gasteiger partial charge in [0.05, 0.1) is 25.1 Å². The van der Waals surface area contributed by atoms with Gasteiger partial charge in [-0.15, -0.1) is 5.10 Å². The Morgan fingerprint density at radius 1 is 1.59 bits per heavy atom. The molecule has 1 N–H and O–H groups in total. The first-order valence-electron chi connectivity index (χ1n) is 5.47. The molecule has 2 heterocycles. The number of hydrogen-bond donors (Lipinski definition) is 1. The van der Waals surface area contributed by atoms with Gasteiger partial charge in [-0.1, -0.05) is 5.21 Å². The van der Waals surface area contributed by atoms with Crippen LogP contribution in [0, 0.1) is 0 Å². The Morgan fingerprint density at radius 2 is 2.35 bits per heavy atom. The predicted molar refractivity (Wildman–Crippen MR) is 60.6 cm³/mol. The van der Waals surface area contributed by atoms with Crippen LogP contribution in [0.2, 0.25) is 0 Å². The minimum atomic E-state index is -3.14. The third-order valence-corrected chi connectivity index (χ3v) is 4.19. The van der Waals surface area contributed by atoms with Crippen molar-refractivity contribution in [1.82, 2.24) is 19.3 Å². The first-order valence-corrected chi connectivity index (χ1v) is 7.32. The largest absolute Gasteiger partial charge is 0.390 e. The molecule has 2 rings (SSSR count). The minimum absolute atomic E-state index is 0.00581. The summed E-state index contributed by atoms with van der Waals surface area (Å²) in [4.78, 5) is 0. The number of aromatic nitrogens is 3. The highest BCUT2D eigenvalue weighted by Crippen LogP contribution is 2.22. The average molecular weight is 260 g/mol. The van der Waals surface area contributed by atoms with Crippen LogP contribution < -0.4 is 0 Å². The van der Waals surface area contributed by atoms with Crippen molar-refractivity contribution in [3.05, 3.63) is 11.9 Å². The molecule has 0 bridgehead atoms. The first kappa shape index (κ1) is 12.5. The Labute approximate surface area is 100 Å². The predicted octanol–water partition coefficient (Wildman–Crippen LogP) is -0.633. The SMILES string of the molecule is CS(=O)(=O)N1CCCC(n2cc(CO)nn2)C1. The highest BCUT2D eigenvalue weighted by atomic mass is 32.2. The van der Waals surface area contributed by atoms with Gasteiger partial charge in [-0.05, 0) is 12.8 Å². The van der Waals surface area contributed by atoms with E-state index in [-0.39, 0.29) is 12.6 Å². The van der Waals surface area contributed by atoms with Crippen molar-refractivity contribution in [3.8, 4) is 0 Å². The molecule has 1 unspecified atom stereocenters. The van der Waals surface area contributed by atoms with Crippen molar-refractivity contribution < 1.29 is 13.5 Å². The van der Waals surface area contributed by atoms with Crippen LogP contribution in [-0.4, -0.2) is 52.2 Å². The highest BCUT2D eigenvalue weighted by Gasteiger charge is 2.27. The Balaban J connectivity index is 2.12. The summed E-state index contributed by atoms with van der Waals surface area (Å²) < 4.78 is 26.0. The molecule has 1 atom stereocenters. The normalized spacial score (nSPS) is 22.8. The van der Waals surface area contributed by atoms with Gasteiger partial charge in [0.15, 0.2) is 0 Å². The molecule has 1 fully saturated rings. The molecular formula is C9H16N4O3S. The standard InChI is InChI=1S/C9H16N4O3S/c1-17(15,16)12-4-2-3-9(6-12)13-5-8(7-14)10-11-13/h5,9,14H,2-4,6-7H2,1H3. The summed E-state index contributed by atoms with van der Waals surface area (Å²) in [6.07, 6.45) is 4.57. The van der Waals surface area contributed by atoms with Gasteiger partial charge >= 0.3 is 0 Å². The molecule has 0 aliphatic carbocycles. The fraction of sp³-hybridized carbons (Fsp3) is 0.778. The van der Waals surface area contributed by atoms with E-state index < -0.39 is 10.0 Å². The number of aliphatic hydroxyl groups excluding tert-OH is 1. The fourth-order valence-electron chi connectivity index (χ4n) is 2.00. The van der Waals surface area contributed by atoms with Gasteiger partial charge in [-0.2, -0.15) is 0 Å². The molecule has 0 amide bonds. The number of hydrogen-bond acceptors (Lipinski definition) is 5. The lowest BCUT2D eigenvalue weighted by atomic mass is 10.1. The molecule has 0 spiro atoms. The van der Waals surface area contributed by atoms with Crippen LogP contribution >= 0.6 is 0 Å². The molecule has 0 saturated carbocycles. The van der Waals surface area contributed by atoms with Gasteiger partial charge in [-0.3, -0.25) is 0 Å². The number of rotatable bonds is 3. The van der Waals surface area contributed by atoms with Crippen LogP contribution in [0.25, 0.3) is 0 Å². The lowest BCUT2D eigenvalue weighted by molar-refractivity contribution is 0.252. The average Bonchev–Trinajstić information content (AvgIpc) is 2.76. The van der Waals surface area contributed by atoms with E-state index in [4.69, 9.17) is 5.11 Å². The molecule has 96 valence electrons. The summed E-state index contributed by atoms with van der Waals surface area (Å²) in [6, 6.07) is 0.00581. The monoisotopic (exact) mass is 260 g/mol. The Bertz CT molecular complexity index is 484. The number of piperidine rings is 1. The van der Waals surface area contributed by atoms with Crippen molar-refractivity contribution in [3.63, 3.8) is 0 Å². The summed E-state index contributed by atoms with van der Waals surface area (Å²) >= 11 is 0. The van der Waals surface area contributed by atoms with E-state index in [0.29, 0.717) is 18.8 Å². The quantitative estimate of drug-likeness (QED) is 0.781. The van der Waals surface area contributed by atoms with E-state index in [1.807, 2.05) is 0 Å². The molecule has 1 aliphatic rings. The van der Waals surface area contributed by atoms with Crippen LogP contribution in [0.4, 0.5) is 0 Å². The van der Waals surface area contributed by atoms with Crippen molar-refractivity contribution >= 4 is 10.0 Å². The van der Waals surface area contributed by atoms with Gasteiger partial charge in [0.1, 0.15) is 5.69 Å². The van der Waals surface area contributed by atoms with Crippen LogP contribution in [0.3, 0.4) is 0 Å². The lowest BCUT2D eigenvalue weighted by Crippen LogP contribution is -2.40. The van der Waals surface area contributed by atoms with E-state index in [0.717, 1.165) is 12.8 Å². The Hall–Kier alpha value is -0.990. The zero-order valence-corrected chi connectivity index (χ0v) is 10.5. The molecule has 1 saturated heterocycles.